The van der Waals surface area contributed by atoms with Gasteiger partial charge >= 0.3 is 6.18 Å². The van der Waals surface area contributed by atoms with Gasteiger partial charge in [-0.1, -0.05) is 6.07 Å². The van der Waals surface area contributed by atoms with Crippen LogP contribution in [0, 0.1) is 29.0 Å². The predicted molar refractivity (Wildman–Crippen MR) is 110 cm³/mol. The van der Waals surface area contributed by atoms with Gasteiger partial charge < -0.3 is 10.1 Å². The van der Waals surface area contributed by atoms with E-state index in [0.29, 0.717) is 0 Å². The number of halogens is 4. The molecule has 1 unspecified atom stereocenters. The van der Waals surface area contributed by atoms with Gasteiger partial charge in [0.1, 0.15) is 17.2 Å². The zero-order valence-electron chi connectivity index (χ0n) is 17.4. The highest BCUT2D eigenvalue weighted by Gasteiger charge is 2.38. The molecule has 1 aromatic carbocycles. The van der Waals surface area contributed by atoms with Crippen LogP contribution in [0.4, 0.5) is 23.2 Å². The molecule has 2 aromatic heterocycles. The Balaban J connectivity index is 2.07. The Morgan fingerprint density at radius 3 is 2.53 bits per heavy atom. The number of rotatable bonds is 5. The molecule has 1 atom stereocenters. The summed E-state index contributed by atoms with van der Waals surface area (Å²) in [5.74, 6) is -3.47. The van der Waals surface area contributed by atoms with E-state index in [1.54, 1.807) is 6.07 Å². The molecule has 3 rings (SSSR count). The van der Waals surface area contributed by atoms with Gasteiger partial charge in [0.05, 0.1) is 9.73 Å². The van der Waals surface area contributed by atoms with Crippen molar-refractivity contribution in [3.63, 3.8) is 0 Å². The number of aromatic nitrogens is 3. The minimum absolute atomic E-state index is 0.0441. The molecule has 0 spiro atoms. The smallest absolute Gasteiger partial charge is 0.418 e. The fourth-order valence-electron chi connectivity index (χ4n) is 2.77. The number of ether oxygens (including phenoxy) is 1. The summed E-state index contributed by atoms with van der Waals surface area (Å²) >= 11 is 0. The minimum atomic E-state index is -4.94. The monoisotopic (exact) mass is 494 g/mol. The highest BCUT2D eigenvalue weighted by atomic mass is 32.2. The summed E-state index contributed by atoms with van der Waals surface area (Å²) < 4.78 is 78.8. The van der Waals surface area contributed by atoms with Crippen molar-refractivity contribution >= 4 is 21.3 Å². The number of anilines is 1. The van der Waals surface area contributed by atoms with Crippen molar-refractivity contribution in [1.29, 1.82) is 10.0 Å². The number of benzene rings is 1. The third kappa shape index (κ3) is 5.26. The number of nitrogens with zero attached hydrogens (tertiary/aromatic N) is 4. The van der Waals surface area contributed by atoms with Crippen LogP contribution in [0.1, 0.15) is 27.2 Å². The van der Waals surface area contributed by atoms with E-state index in [1.807, 2.05) is 0 Å². The van der Waals surface area contributed by atoms with Crippen LogP contribution >= 0.6 is 0 Å². The van der Waals surface area contributed by atoms with Crippen LogP contribution in [0.3, 0.4) is 0 Å². The second-order valence-corrected chi connectivity index (χ2v) is 9.04. The molecule has 0 fully saturated rings. The number of nitriles is 1. The summed E-state index contributed by atoms with van der Waals surface area (Å²) in [4.78, 5) is 16.4. The molecular formula is C20H14F4N6O3S. The maximum atomic E-state index is 13.8. The molecule has 3 aromatic rings. The van der Waals surface area contributed by atoms with Gasteiger partial charge in [0.25, 0.3) is 11.8 Å². The van der Waals surface area contributed by atoms with Crippen molar-refractivity contribution in [2.24, 2.45) is 0 Å². The summed E-state index contributed by atoms with van der Waals surface area (Å²) in [6.45, 7) is 0.977. The van der Waals surface area contributed by atoms with Crippen molar-refractivity contribution < 1.29 is 31.3 Å². The van der Waals surface area contributed by atoms with Gasteiger partial charge in [-0.25, -0.2) is 8.99 Å². The lowest BCUT2D eigenvalue weighted by Gasteiger charge is -2.16. The molecule has 0 bridgehead atoms. The van der Waals surface area contributed by atoms with E-state index < -0.39 is 61.9 Å². The van der Waals surface area contributed by atoms with Gasteiger partial charge in [0.2, 0.25) is 11.8 Å². The summed E-state index contributed by atoms with van der Waals surface area (Å²) in [5.41, 5.74) is -3.09. The Labute approximate surface area is 190 Å². The molecule has 14 heteroatoms. The van der Waals surface area contributed by atoms with Crippen molar-refractivity contribution in [1.82, 2.24) is 15.2 Å². The standard InChI is InChI=1S/C20H14F4N6O3S/c1-10-15(18(31)27-12-4-3-5-13(8-12)34(2,26)32)19(30-29-16(10)20(22,23)24)33-14-7-6-11(9-25)17(21)28-14/h3-8,26H,1-2H3,(H,27,31). The number of carbonyl (C=O) groups is 1. The van der Waals surface area contributed by atoms with Crippen LogP contribution < -0.4 is 10.1 Å². The van der Waals surface area contributed by atoms with Crippen molar-refractivity contribution in [2.45, 2.75) is 18.0 Å². The molecule has 9 nitrogen and oxygen atoms in total. The summed E-state index contributed by atoms with van der Waals surface area (Å²) in [5, 5.41) is 17.6. The maximum absolute atomic E-state index is 13.8. The number of nitrogens with one attached hydrogen (secondary N) is 2. The molecule has 0 aliphatic heterocycles. The Bertz CT molecular complexity index is 1440. The zero-order valence-corrected chi connectivity index (χ0v) is 18.2. The van der Waals surface area contributed by atoms with E-state index >= 15 is 0 Å². The summed E-state index contributed by atoms with van der Waals surface area (Å²) in [7, 11) is -3.13. The minimum Gasteiger partial charge on any atom is -0.418 e. The van der Waals surface area contributed by atoms with E-state index in [-0.39, 0.29) is 10.6 Å². The number of pyridine rings is 1. The third-order valence-electron chi connectivity index (χ3n) is 4.37. The van der Waals surface area contributed by atoms with Crippen molar-refractivity contribution in [3.8, 4) is 17.8 Å². The second kappa shape index (κ2) is 9.02. The number of alkyl halides is 3. The predicted octanol–water partition coefficient (Wildman–Crippen LogP) is 4.29. The van der Waals surface area contributed by atoms with Crippen LogP contribution in [-0.4, -0.2) is 31.6 Å². The molecule has 1 amide bonds. The number of hydrogen-bond acceptors (Lipinski definition) is 8. The van der Waals surface area contributed by atoms with E-state index in [1.165, 1.54) is 24.3 Å². The molecule has 2 N–H and O–H groups in total. The van der Waals surface area contributed by atoms with Crippen LogP contribution in [0.25, 0.3) is 0 Å². The van der Waals surface area contributed by atoms with Gasteiger partial charge in [-0.3, -0.25) is 4.79 Å². The SMILES string of the molecule is Cc1c(C(F)(F)F)nnc(Oc2ccc(C#N)c(F)n2)c1C(=O)Nc1cccc(S(C)(=N)=O)c1. The lowest BCUT2D eigenvalue weighted by Crippen LogP contribution is -2.21. The van der Waals surface area contributed by atoms with E-state index in [9.17, 15) is 26.6 Å². The van der Waals surface area contributed by atoms with Crippen LogP contribution in [0.15, 0.2) is 41.3 Å². The van der Waals surface area contributed by atoms with E-state index in [4.69, 9.17) is 14.8 Å². The van der Waals surface area contributed by atoms with Crippen molar-refractivity contribution in [2.75, 3.05) is 11.6 Å². The van der Waals surface area contributed by atoms with Gasteiger partial charge in [-0.2, -0.15) is 27.8 Å². The van der Waals surface area contributed by atoms with Gasteiger partial charge in [0, 0.05) is 22.9 Å². The third-order valence-corrected chi connectivity index (χ3v) is 5.52. The fraction of sp³-hybridized carbons (Fsp3) is 0.150. The molecule has 176 valence electrons. The van der Waals surface area contributed by atoms with E-state index in [0.717, 1.165) is 25.3 Å². The first-order chi connectivity index (χ1) is 15.8. The normalized spacial score (nSPS) is 13.0. The molecule has 2 heterocycles. The van der Waals surface area contributed by atoms with Crippen LogP contribution in [-0.2, 0) is 15.9 Å². The second-order valence-electron chi connectivity index (χ2n) is 6.88. The molecule has 0 saturated carbocycles. The quantitative estimate of drug-likeness (QED) is 0.398. The molecule has 0 saturated heterocycles. The highest BCUT2D eigenvalue weighted by Crippen LogP contribution is 2.35. The van der Waals surface area contributed by atoms with Gasteiger partial charge in [-0.15, -0.1) is 10.2 Å². The maximum Gasteiger partial charge on any atom is 0.435 e. The average molecular weight is 494 g/mol. The topological polar surface area (TPSA) is 142 Å². The van der Waals surface area contributed by atoms with Gasteiger partial charge in [-0.05, 0) is 36.8 Å². The molecule has 0 radical (unpaired) electrons. The Morgan fingerprint density at radius 1 is 1.24 bits per heavy atom. The van der Waals surface area contributed by atoms with Crippen LogP contribution in [0.5, 0.6) is 11.8 Å². The average Bonchev–Trinajstić information content (AvgIpc) is 2.72. The Hall–Kier alpha value is -4.12. The largest absolute Gasteiger partial charge is 0.435 e. The lowest BCUT2D eigenvalue weighted by molar-refractivity contribution is -0.142. The van der Waals surface area contributed by atoms with Crippen molar-refractivity contribution in [3.05, 3.63) is 64.7 Å². The number of carbonyl (C=O) groups excluding carboxylic acids is 1. The first-order valence-corrected chi connectivity index (χ1v) is 11.1. The Morgan fingerprint density at radius 2 is 1.94 bits per heavy atom. The molecule has 0 aliphatic carbocycles. The highest BCUT2D eigenvalue weighted by molar-refractivity contribution is 7.91. The summed E-state index contributed by atoms with van der Waals surface area (Å²) in [6, 6.07) is 9.04. The van der Waals surface area contributed by atoms with Gasteiger partial charge in [0.15, 0.2) is 5.69 Å². The Kier molecular flexibility index (Phi) is 6.51. The van der Waals surface area contributed by atoms with Crippen LogP contribution in [0.2, 0.25) is 0 Å². The molecule has 34 heavy (non-hydrogen) atoms. The fourth-order valence-corrected chi connectivity index (χ4v) is 3.46. The zero-order chi connectivity index (χ0) is 25.3. The number of amides is 1. The first kappa shape index (κ1) is 24.5. The molecular weight excluding hydrogens is 480 g/mol. The lowest BCUT2D eigenvalue weighted by atomic mass is 10.1. The number of hydrogen-bond donors (Lipinski definition) is 2. The summed E-state index contributed by atoms with van der Waals surface area (Å²) in [6.07, 6.45) is -3.78. The first-order valence-electron chi connectivity index (χ1n) is 9.15. The molecule has 0 aliphatic rings. The van der Waals surface area contributed by atoms with E-state index in [2.05, 4.69) is 20.5 Å².